The molecule has 1 amide bonds. The van der Waals surface area contributed by atoms with E-state index in [4.69, 9.17) is 14.5 Å². The molecule has 0 spiro atoms. The van der Waals surface area contributed by atoms with Crippen LogP contribution in [0.3, 0.4) is 0 Å². The van der Waals surface area contributed by atoms with Crippen LogP contribution in [0.1, 0.15) is 43.9 Å². The van der Waals surface area contributed by atoms with Crippen molar-refractivity contribution in [3.05, 3.63) is 45.4 Å². The molecule has 0 bridgehead atoms. The number of carbonyl (C=O) groups is 2. The van der Waals surface area contributed by atoms with Crippen LogP contribution in [0.2, 0.25) is 0 Å². The molecular formula is C28H36BrN5O6. The summed E-state index contributed by atoms with van der Waals surface area (Å²) in [6.45, 7) is 10.4. The van der Waals surface area contributed by atoms with Gasteiger partial charge >= 0.3 is 12.1 Å². The smallest absolute Gasteiger partial charge is 0.410 e. The monoisotopic (exact) mass is 617 g/mol. The quantitative estimate of drug-likeness (QED) is 0.327. The van der Waals surface area contributed by atoms with Gasteiger partial charge in [-0.3, -0.25) is 15.1 Å². The van der Waals surface area contributed by atoms with Gasteiger partial charge in [0.25, 0.3) is 0 Å². The highest BCUT2D eigenvalue weighted by Crippen LogP contribution is 2.34. The number of nitrogens with zero attached hydrogens (tertiary/aromatic N) is 4. The molecule has 1 aliphatic rings. The van der Waals surface area contributed by atoms with Crippen LogP contribution in [0.4, 0.5) is 10.6 Å². The molecular weight excluding hydrogens is 582 g/mol. The fourth-order valence-electron chi connectivity index (χ4n) is 4.67. The first-order valence-corrected chi connectivity index (χ1v) is 13.9. The van der Waals surface area contributed by atoms with Gasteiger partial charge in [0, 0.05) is 60.1 Å². The van der Waals surface area contributed by atoms with Crippen molar-refractivity contribution in [1.29, 1.82) is 0 Å². The predicted molar refractivity (Wildman–Crippen MR) is 154 cm³/mol. The number of halogens is 1. The fraction of sp³-hybridized carbons (Fsp3) is 0.464. The molecule has 40 heavy (non-hydrogen) atoms. The van der Waals surface area contributed by atoms with E-state index < -0.39 is 11.6 Å². The highest BCUT2D eigenvalue weighted by molar-refractivity contribution is 9.10. The molecule has 2 aromatic heterocycles. The summed E-state index contributed by atoms with van der Waals surface area (Å²) in [5.41, 5.74) is 5.12. The molecule has 3 aromatic rings. The van der Waals surface area contributed by atoms with Gasteiger partial charge in [-0.15, -0.1) is 0 Å². The van der Waals surface area contributed by atoms with Crippen LogP contribution in [0, 0.1) is 6.92 Å². The van der Waals surface area contributed by atoms with Gasteiger partial charge in [0.2, 0.25) is 11.8 Å². The minimum Gasteiger partial charge on any atom is -0.493 e. The zero-order valence-corrected chi connectivity index (χ0v) is 25.0. The Morgan fingerprint density at radius 3 is 2.45 bits per heavy atom. The Morgan fingerprint density at radius 1 is 1.10 bits per heavy atom. The average molecular weight is 619 g/mol. The normalized spacial score (nSPS) is 14.4. The van der Waals surface area contributed by atoms with E-state index in [9.17, 15) is 19.8 Å². The summed E-state index contributed by atoms with van der Waals surface area (Å²) in [7, 11) is 1.31. The van der Waals surface area contributed by atoms with E-state index in [1.807, 2.05) is 45.0 Å². The first-order chi connectivity index (χ1) is 18.9. The molecule has 11 nitrogen and oxygen atoms in total. The first-order valence-electron chi connectivity index (χ1n) is 13.1. The lowest BCUT2D eigenvalue weighted by Gasteiger charge is -2.35. The maximum absolute atomic E-state index is 12.5. The van der Waals surface area contributed by atoms with Crippen LogP contribution in [0.5, 0.6) is 11.8 Å². The van der Waals surface area contributed by atoms with E-state index in [1.165, 1.54) is 7.11 Å². The number of nitrogens with one attached hydrogen (secondary N) is 1. The molecule has 216 valence electrons. The summed E-state index contributed by atoms with van der Waals surface area (Å²) in [6.07, 6.45) is -0.0157. The molecule has 0 unspecified atom stereocenters. The highest BCUT2D eigenvalue weighted by Gasteiger charge is 2.26. The standard InChI is InChI=1S/C28H36BrN5O6/c1-17-20(8-9-24(35)39-5)26(37)34(25(17)36)31-23-14-18(21-7-6-19(29)15-22(21)30-23)16-32-10-12-33(13-11-32)27(38)40-28(2,3)4/h6-7,14-15,36-37H,8-13,16H2,1-5H3,(H,30,31). The Labute approximate surface area is 241 Å². The van der Waals surface area contributed by atoms with Gasteiger partial charge < -0.3 is 24.6 Å². The van der Waals surface area contributed by atoms with E-state index in [0.717, 1.165) is 25.6 Å². The highest BCUT2D eigenvalue weighted by atomic mass is 79.9. The molecule has 0 atom stereocenters. The molecule has 3 heterocycles. The van der Waals surface area contributed by atoms with Crippen molar-refractivity contribution in [2.45, 2.75) is 52.7 Å². The van der Waals surface area contributed by atoms with E-state index in [0.29, 0.717) is 49.7 Å². The van der Waals surface area contributed by atoms with E-state index >= 15 is 0 Å². The maximum atomic E-state index is 12.5. The third-order valence-electron chi connectivity index (χ3n) is 6.79. The lowest BCUT2D eigenvalue weighted by Crippen LogP contribution is -2.49. The second-order valence-corrected chi connectivity index (χ2v) is 11.8. The van der Waals surface area contributed by atoms with Gasteiger partial charge in [0.05, 0.1) is 12.6 Å². The number of esters is 1. The Kier molecular flexibility index (Phi) is 8.79. The number of hydrogen-bond donors (Lipinski definition) is 3. The van der Waals surface area contributed by atoms with Crippen LogP contribution >= 0.6 is 15.9 Å². The number of carbonyl (C=O) groups excluding carboxylic acids is 2. The summed E-state index contributed by atoms with van der Waals surface area (Å²) >= 11 is 3.52. The van der Waals surface area contributed by atoms with Crippen LogP contribution in [0.15, 0.2) is 28.7 Å². The largest absolute Gasteiger partial charge is 0.493 e. The van der Waals surface area contributed by atoms with Crippen LogP contribution in [-0.4, -0.2) is 80.6 Å². The second kappa shape index (κ2) is 11.9. The van der Waals surface area contributed by atoms with Gasteiger partial charge in [-0.05, 0) is 57.9 Å². The molecule has 1 aromatic carbocycles. The number of piperazine rings is 1. The zero-order valence-electron chi connectivity index (χ0n) is 23.5. The average Bonchev–Trinajstić information content (AvgIpc) is 3.09. The van der Waals surface area contributed by atoms with Crippen molar-refractivity contribution in [3.63, 3.8) is 0 Å². The van der Waals surface area contributed by atoms with Crippen molar-refractivity contribution in [2.24, 2.45) is 0 Å². The van der Waals surface area contributed by atoms with Gasteiger partial charge in [-0.25, -0.2) is 9.78 Å². The van der Waals surface area contributed by atoms with Crippen LogP contribution in [-0.2, 0) is 27.2 Å². The molecule has 1 saturated heterocycles. The predicted octanol–water partition coefficient (Wildman–Crippen LogP) is 4.55. The van der Waals surface area contributed by atoms with E-state index in [1.54, 1.807) is 11.8 Å². The number of aromatic hydroxyl groups is 2. The number of amides is 1. The third-order valence-corrected chi connectivity index (χ3v) is 7.28. The lowest BCUT2D eigenvalue weighted by molar-refractivity contribution is -0.140. The number of benzene rings is 1. The molecule has 0 aliphatic carbocycles. The Morgan fingerprint density at radius 2 is 1.80 bits per heavy atom. The summed E-state index contributed by atoms with van der Waals surface area (Å²) in [6, 6.07) is 7.76. The van der Waals surface area contributed by atoms with E-state index in [2.05, 4.69) is 26.3 Å². The van der Waals surface area contributed by atoms with Crippen LogP contribution in [0.25, 0.3) is 10.9 Å². The molecule has 3 N–H and O–H groups in total. The van der Waals surface area contributed by atoms with Gasteiger partial charge in [0.15, 0.2) is 0 Å². The molecule has 0 saturated carbocycles. The first kappa shape index (κ1) is 29.5. The van der Waals surface area contributed by atoms with Crippen molar-refractivity contribution in [2.75, 3.05) is 38.7 Å². The summed E-state index contributed by atoms with van der Waals surface area (Å²) in [5.74, 6) is -0.353. The Balaban J connectivity index is 1.56. The number of ether oxygens (including phenoxy) is 2. The topological polar surface area (TPSA) is 129 Å². The number of methoxy groups -OCH3 is 1. The maximum Gasteiger partial charge on any atom is 0.410 e. The number of anilines is 1. The second-order valence-electron chi connectivity index (χ2n) is 10.8. The molecule has 4 rings (SSSR count). The molecule has 0 radical (unpaired) electrons. The molecule has 1 fully saturated rings. The van der Waals surface area contributed by atoms with E-state index in [-0.39, 0.29) is 30.7 Å². The summed E-state index contributed by atoms with van der Waals surface area (Å²) in [5, 5.41) is 22.6. The third kappa shape index (κ3) is 6.79. The number of fused-ring (bicyclic) bond motifs is 1. The fourth-order valence-corrected chi connectivity index (χ4v) is 5.02. The van der Waals surface area contributed by atoms with Crippen molar-refractivity contribution < 1.29 is 29.3 Å². The van der Waals surface area contributed by atoms with Gasteiger partial charge in [-0.2, -0.15) is 4.68 Å². The number of hydrogen-bond acceptors (Lipinski definition) is 9. The number of aromatic nitrogens is 2. The zero-order chi connectivity index (χ0) is 29.2. The number of rotatable bonds is 7. The summed E-state index contributed by atoms with van der Waals surface area (Å²) in [4.78, 5) is 32.8. The summed E-state index contributed by atoms with van der Waals surface area (Å²) < 4.78 is 12.2. The molecule has 12 heteroatoms. The van der Waals surface area contributed by atoms with Crippen molar-refractivity contribution in [3.8, 4) is 11.8 Å². The van der Waals surface area contributed by atoms with Gasteiger partial charge in [-0.1, -0.05) is 22.0 Å². The Bertz CT molecular complexity index is 1410. The van der Waals surface area contributed by atoms with Crippen molar-refractivity contribution in [1.82, 2.24) is 19.5 Å². The lowest BCUT2D eigenvalue weighted by atomic mass is 10.1. The van der Waals surface area contributed by atoms with Gasteiger partial charge in [0.1, 0.15) is 11.4 Å². The van der Waals surface area contributed by atoms with Crippen LogP contribution < -0.4 is 5.43 Å². The number of pyridine rings is 1. The minimum atomic E-state index is -0.537. The van der Waals surface area contributed by atoms with Crippen molar-refractivity contribution >= 4 is 44.7 Å². The minimum absolute atomic E-state index is 0.0714. The molecule has 1 aliphatic heterocycles. The SMILES string of the molecule is COC(=O)CCc1c(C)c(O)n(Nc2cc(CN3CCN(C(=O)OC(C)(C)C)CC3)c3ccc(Br)cc3n2)c1O. The Hall–Kier alpha value is -3.51.